The van der Waals surface area contributed by atoms with E-state index in [0.29, 0.717) is 22.8 Å². The number of ether oxygens (including phenoxy) is 1. The smallest absolute Gasteiger partial charge is 0.127 e. The van der Waals surface area contributed by atoms with Gasteiger partial charge in [-0.3, -0.25) is 0 Å². The number of benzene rings is 2. The number of hydrogen-bond donors (Lipinski definition) is 1. The molecular weight excluding hydrogens is 279 g/mol. The second kappa shape index (κ2) is 5.08. The first-order chi connectivity index (χ1) is 9.54. The number of fused-ring (bicyclic) bond motifs is 1. The summed E-state index contributed by atoms with van der Waals surface area (Å²) < 4.78 is 19.1. The van der Waals surface area contributed by atoms with E-state index in [4.69, 9.17) is 16.3 Å². The number of aliphatic hydroxyl groups is 1. The Morgan fingerprint density at radius 3 is 2.75 bits per heavy atom. The Labute approximate surface area is 121 Å². The van der Waals surface area contributed by atoms with E-state index < -0.39 is 6.10 Å². The van der Waals surface area contributed by atoms with E-state index in [1.54, 1.807) is 24.3 Å². The SMILES string of the molecule is Cc1cc(F)ccc1C1C[C@@H](O)c2cc(Cl)ccc2O1. The Bertz CT molecular complexity index is 657. The van der Waals surface area contributed by atoms with Gasteiger partial charge in [0, 0.05) is 17.0 Å². The fourth-order valence-corrected chi connectivity index (χ4v) is 2.79. The summed E-state index contributed by atoms with van der Waals surface area (Å²) in [7, 11) is 0. The standard InChI is InChI=1S/C16H14ClFO2/c1-9-6-11(18)3-4-12(9)16-8-14(19)13-7-10(17)2-5-15(13)20-16/h2-7,14,16,19H,8H2,1H3/t14-,16?/m1/s1. The van der Waals surface area contributed by atoms with Crippen LogP contribution >= 0.6 is 11.6 Å². The summed E-state index contributed by atoms with van der Waals surface area (Å²) in [6.07, 6.45) is -0.481. The zero-order chi connectivity index (χ0) is 14.3. The average Bonchev–Trinajstić information content (AvgIpc) is 2.39. The molecule has 2 nitrogen and oxygen atoms in total. The molecule has 0 bridgehead atoms. The lowest BCUT2D eigenvalue weighted by atomic mass is 9.93. The van der Waals surface area contributed by atoms with Crippen molar-refractivity contribution in [3.05, 3.63) is 63.9 Å². The molecule has 1 N–H and O–H groups in total. The second-order valence-corrected chi connectivity index (χ2v) is 5.48. The topological polar surface area (TPSA) is 29.5 Å². The third-order valence-corrected chi connectivity index (χ3v) is 3.85. The first kappa shape index (κ1) is 13.4. The largest absolute Gasteiger partial charge is 0.485 e. The van der Waals surface area contributed by atoms with E-state index in [-0.39, 0.29) is 11.9 Å². The van der Waals surface area contributed by atoms with Gasteiger partial charge in [-0.05, 0) is 48.4 Å². The van der Waals surface area contributed by atoms with Gasteiger partial charge in [0.15, 0.2) is 0 Å². The minimum Gasteiger partial charge on any atom is -0.485 e. The maximum absolute atomic E-state index is 13.2. The molecule has 1 aliphatic heterocycles. The van der Waals surface area contributed by atoms with Crippen LogP contribution < -0.4 is 4.74 Å². The summed E-state index contributed by atoms with van der Waals surface area (Å²) >= 11 is 5.93. The van der Waals surface area contributed by atoms with E-state index in [1.165, 1.54) is 12.1 Å². The molecule has 1 heterocycles. The molecule has 0 aliphatic carbocycles. The Balaban J connectivity index is 1.97. The normalized spacial score (nSPS) is 21.2. The van der Waals surface area contributed by atoms with Gasteiger partial charge in [-0.25, -0.2) is 4.39 Å². The number of hydrogen-bond acceptors (Lipinski definition) is 2. The van der Waals surface area contributed by atoms with Crippen LogP contribution in [0.1, 0.15) is 35.3 Å². The van der Waals surface area contributed by atoms with Crippen molar-refractivity contribution in [2.24, 2.45) is 0 Å². The van der Waals surface area contributed by atoms with Gasteiger partial charge in [0.25, 0.3) is 0 Å². The molecule has 2 atom stereocenters. The van der Waals surface area contributed by atoms with Crippen molar-refractivity contribution in [2.75, 3.05) is 0 Å². The Morgan fingerprint density at radius 1 is 1.20 bits per heavy atom. The van der Waals surface area contributed by atoms with Crippen molar-refractivity contribution in [2.45, 2.75) is 25.6 Å². The molecule has 3 rings (SSSR count). The highest BCUT2D eigenvalue weighted by molar-refractivity contribution is 6.30. The molecular formula is C16H14ClFO2. The van der Waals surface area contributed by atoms with Crippen molar-refractivity contribution in [1.82, 2.24) is 0 Å². The van der Waals surface area contributed by atoms with Gasteiger partial charge in [-0.2, -0.15) is 0 Å². The van der Waals surface area contributed by atoms with Crippen LogP contribution in [0.15, 0.2) is 36.4 Å². The molecule has 0 aromatic heterocycles. The van der Waals surface area contributed by atoms with Gasteiger partial charge in [-0.15, -0.1) is 0 Å². The maximum atomic E-state index is 13.2. The fraction of sp³-hybridized carbons (Fsp3) is 0.250. The van der Waals surface area contributed by atoms with Crippen LogP contribution in [-0.4, -0.2) is 5.11 Å². The van der Waals surface area contributed by atoms with Gasteiger partial charge in [-0.1, -0.05) is 17.7 Å². The molecule has 0 spiro atoms. The second-order valence-electron chi connectivity index (χ2n) is 5.04. The van der Waals surface area contributed by atoms with Crippen LogP contribution in [0.5, 0.6) is 5.75 Å². The van der Waals surface area contributed by atoms with E-state index in [2.05, 4.69) is 0 Å². The van der Waals surface area contributed by atoms with Gasteiger partial charge >= 0.3 is 0 Å². The van der Waals surface area contributed by atoms with Gasteiger partial charge < -0.3 is 9.84 Å². The molecule has 1 unspecified atom stereocenters. The number of aliphatic hydroxyl groups excluding tert-OH is 1. The highest BCUT2D eigenvalue weighted by Gasteiger charge is 2.29. The van der Waals surface area contributed by atoms with Crippen LogP contribution in [-0.2, 0) is 0 Å². The minimum absolute atomic E-state index is 0.269. The number of halogens is 2. The fourth-order valence-electron chi connectivity index (χ4n) is 2.61. The molecule has 104 valence electrons. The lowest BCUT2D eigenvalue weighted by Gasteiger charge is -2.30. The van der Waals surface area contributed by atoms with E-state index in [0.717, 1.165) is 11.1 Å². The first-order valence-corrected chi connectivity index (χ1v) is 6.82. The molecule has 0 fully saturated rings. The predicted molar refractivity (Wildman–Crippen MR) is 75.5 cm³/mol. The number of rotatable bonds is 1. The summed E-state index contributed by atoms with van der Waals surface area (Å²) in [5.41, 5.74) is 2.42. The zero-order valence-electron chi connectivity index (χ0n) is 10.9. The quantitative estimate of drug-likeness (QED) is 0.847. The van der Waals surface area contributed by atoms with Crippen molar-refractivity contribution >= 4 is 11.6 Å². The molecule has 0 amide bonds. The lowest BCUT2D eigenvalue weighted by Crippen LogP contribution is -2.19. The molecule has 0 radical (unpaired) electrons. The van der Waals surface area contributed by atoms with Gasteiger partial charge in [0.05, 0.1) is 6.10 Å². The lowest BCUT2D eigenvalue weighted by molar-refractivity contribution is 0.0654. The summed E-state index contributed by atoms with van der Waals surface area (Å²) in [6.45, 7) is 1.84. The molecule has 4 heteroatoms. The van der Waals surface area contributed by atoms with Crippen molar-refractivity contribution in [1.29, 1.82) is 0 Å². The maximum Gasteiger partial charge on any atom is 0.127 e. The third kappa shape index (κ3) is 2.39. The summed E-state index contributed by atoms with van der Waals surface area (Å²) in [6, 6.07) is 9.80. The zero-order valence-corrected chi connectivity index (χ0v) is 11.7. The highest BCUT2D eigenvalue weighted by atomic mass is 35.5. The Hall–Kier alpha value is -1.58. The van der Waals surface area contributed by atoms with Crippen LogP contribution in [0.2, 0.25) is 5.02 Å². The molecule has 20 heavy (non-hydrogen) atoms. The van der Waals surface area contributed by atoms with Gasteiger partial charge in [0.1, 0.15) is 17.7 Å². The summed E-state index contributed by atoms with van der Waals surface area (Å²) in [4.78, 5) is 0. The highest BCUT2D eigenvalue weighted by Crippen LogP contribution is 2.42. The Kier molecular flexibility index (Phi) is 3.40. The minimum atomic E-state index is -0.632. The average molecular weight is 293 g/mol. The van der Waals surface area contributed by atoms with Crippen LogP contribution in [0, 0.1) is 12.7 Å². The molecule has 2 aromatic carbocycles. The molecule has 1 aliphatic rings. The van der Waals surface area contributed by atoms with Gasteiger partial charge in [0.2, 0.25) is 0 Å². The summed E-state index contributed by atoms with van der Waals surface area (Å²) in [5, 5.41) is 10.8. The first-order valence-electron chi connectivity index (χ1n) is 6.45. The predicted octanol–water partition coefficient (Wildman–Crippen LogP) is 4.34. The molecule has 0 saturated heterocycles. The van der Waals surface area contributed by atoms with Crippen molar-refractivity contribution < 1.29 is 14.2 Å². The van der Waals surface area contributed by atoms with Crippen molar-refractivity contribution in [3.8, 4) is 5.75 Å². The van der Waals surface area contributed by atoms with Crippen LogP contribution in [0.4, 0.5) is 4.39 Å². The Morgan fingerprint density at radius 2 is 2.00 bits per heavy atom. The molecule has 2 aromatic rings. The van der Waals surface area contributed by atoms with Crippen LogP contribution in [0.3, 0.4) is 0 Å². The molecule has 0 saturated carbocycles. The van der Waals surface area contributed by atoms with E-state index in [9.17, 15) is 9.50 Å². The number of aryl methyl sites for hydroxylation is 1. The summed E-state index contributed by atoms with van der Waals surface area (Å²) in [5.74, 6) is 0.358. The third-order valence-electron chi connectivity index (χ3n) is 3.62. The van der Waals surface area contributed by atoms with Crippen molar-refractivity contribution in [3.63, 3.8) is 0 Å². The van der Waals surface area contributed by atoms with Crippen LogP contribution in [0.25, 0.3) is 0 Å². The van der Waals surface area contributed by atoms with E-state index in [1.807, 2.05) is 6.92 Å². The monoisotopic (exact) mass is 292 g/mol. The van der Waals surface area contributed by atoms with E-state index >= 15 is 0 Å².